The Morgan fingerprint density at radius 3 is 2.21 bits per heavy atom. The highest BCUT2D eigenvalue weighted by atomic mass is 19.4. The predicted molar refractivity (Wildman–Crippen MR) is 120 cm³/mol. The van der Waals surface area contributed by atoms with E-state index in [2.05, 4.69) is 26.1 Å². The second kappa shape index (κ2) is 9.60. The second-order valence-corrected chi connectivity index (χ2v) is 9.46. The van der Waals surface area contributed by atoms with E-state index in [9.17, 15) is 27.2 Å². The molecule has 8 heteroatoms. The molecule has 0 heterocycles. The van der Waals surface area contributed by atoms with Crippen LogP contribution in [-0.4, -0.2) is 25.0 Å². The van der Waals surface area contributed by atoms with E-state index in [1.807, 2.05) is 24.3 Å². The van der Waals surface area contributed by atoms with Gasteiger partial charge in [-0.3, -0.25) is 9.59 Å². The van der Waals surface area contributed by atoms with Crippen molar-refractivity contribution in [2.75, 3.05) is 7.11 Å². The lowest BCUT2D eigenvalue weighted by atomic mass is 9.82. The van der Waals surface area contributed by atoms with Gasteiger partial charge in [0.2, 0.25) is 0 Å². The zero-order valence-electron chi connectivity index (χ0n) is 19.4. The number of ether oxygens (including phenoxy) is 1. The lowest BCUT2D eigenvalue weighted by Crippen LogP contribution is -2.34. The van der Waals surface area contributed by atoms with E-state index in [0.29, 0.717) is 18.6 Å². The molecular weight excluding hydrogens is 450 g/mol. The van der Waals surface area contributed by atoms with E-state index in [-0.39, 0.29) is 11.3 Å². The van der Waals surface area contributed by atoms with E-state index in [0.717, 1.165) is 17.2 Å². The van der Waals surface area contributed by atoms with Crippen molar-refractivity contribution in [1.82, 2.24) is 5.32 Å². The minimum absolute atomic E-state index is 0.0508. The average Bonchev–Trinajstić information content (AvgIpc) is 3.20. The molecule has 4 nitrogen and oxygen atoms in total. The number of nitrogens with one attached hydrogen (secondary N) is 1. The molecule has 0 unspecified atom stereocenters. The maximum Gasteiger partial charge on any atom is 0.416 e. The third kappa shape index (κ3) is 5.85. The Labute approximate surface area is 196 Å². The first kappa shape index (κ1) is 25.5. The number of methoxy groups -OCH3 is 1. The summed E-state index contributed by atoms with van der Waals surface area (Å²) in [4.78, 5) is 25.1. The first-order valence-electron chi connectivity index (χ1n) is 10.8. The summed E-state index contributed by atoms with van der Waals surface area (Å²) in [5.41, 5.74) is 0.167. The van der Waals surface area contributed by atoms with Crippen molar-refractivity contribution in [3.8, 4) is 0 Å². The van der Waals surface area contributed by atoms with Crippen molar-refractivity contribution >= 4 is 11.9 Å². The molecule has 0 saturated heterocycles. The van der Waals surface area contributed by atoms with Crippen LogP contribution in [0.5, 0.6) is 0 Å². The van der Waals surface area contributed by atoms with Crippen LogP contribution in [0.25, 0.3) is 0 Å². The highest BCUT2D eigenvalue weighted by molar-refractivity contribution is 5.94. The van der Waals surface area contributed by atoms with Gasteiger partial charge in [0.1, 0.15) is 5.82 Å². The quantitative estimate of drug-likeness (QED) is 0.338. The third-order valence-corrected chi connectivity index (χ3v) is 5.94. The topological polar surface area (TPSA) is 55.4 Å². The van der Waals surface area contributed by atoms with Crippen LogP contribution in [-0.2, 0) is 21.1 Å². The number of benzene rings is 2. The molecule has 0 aliphatic heterocycles. The average molecular weight is 477 g/mol. The largest absolute Gasteiger partial charge is 0.469 e. The van der Waals surface area contributed by atoms with Gasteiger partial charge >= 0.3 is 12.1 Å². The number of hydrogen-bond donors (Lipinski definition) is 1. The lowest BCUT2D eigenvalue weighted by Gasteiger charge is -2.24. The maximum absolute atomic E-state index is 13.7. The highest BCUT2D eigenvalue weighted by Gasteiger charge is 2.35. The molecule has 0 bridgehead atoms. The van der Waals surface area contributed by atoms with Crippen LogP contribution < -0.4 is 5.32 Å². The van der Waals surface area contributed by atoms with Gasteiger partial charge in [-0.2, -0.15) is 13.2 Å². The van der Waals surface area contributed by atoms with Crippen molar-refractivity contribution in [2.24, 2.45) is 5.92 Å². The van der Waals surface area contributed by atoms with Crippen molar-refractivity contribution in [1.29, 1.82) is 0 Å². The van der Waals surface area contributed by atoms with Crippen LogP contribution in [0.3, 0.4) is 0 Å². The van der Waals surface area contributed by atoms with Gasteiger partial charge in [-0.05, 0) is 47.1 Å². The number of allylic oxidation sites excluding steroid dienone is 1. The fourth-order valence-electron chi connectivity index (χ4n) is 4.09. The summed E-state index contributed by atoms with van der Waals surface area (Å²) in [6.45, 7) is 6.26. The Hall–Kier alpha value is -3.16. The molecule has 1 aliphatic rings. The van der Waals surface area contributed by atoms with E-state index < -0.39 is 47.0 Å². The van der Waals surface area contributed by atoms with E-state index in [4.69, 9.17) is 4.74 Å². The number of esters is 1. The third-order valence-electron chi connectivity index (χ3n) is 5.94. The number of carbonyl (C=O) groups excluding carboxylic acids is 2. The Bertz CT molecular complexity index is 1080. The van der Waals surface area contributed by atoms with E-state index in [1.54, 1.807) is 12.2 Å². The smallest absolute Gasteiger partial charge is 0.416 e. The van der Waals surface area contributed by atoms with E-state index >= 15 is 0 Å². The van der Waals surface area contributed by atoms with Crippen molar-refractivity contribution in [3.05, 3.63) is 82.7 Å². The molecule has 2 aromatic carbocycles. The number of alkyl halides is 3. The zero-order chi connectivity index (χ0) is 25.3. The molecule has 1 aliphatic carbocycles. The fourth-order valence-corrected chi connectivity index (χ4v) is 4.09. The Morgan fingerprint density at radius 2 is 1.65 bits per heavy atom. The molecule has 0 fully saturated rings. The molecular formula is C26H27F4NO3. The van der Waals surface area contributed by atoms with Crippen LogP contribution >= 0.6 is 0 Å². The van der Waals surface area contributed by atoms with Gasteiger partial charge in [-0.15, -0.1) is 0 Å². The summed E-state index contributed by atoms with van der Waals surface area (Å²) in [5.74, 6) is -3.31. The first-order chi connectivity index (χ1) is 15.8. The van der Waals surface area contributed by atoms with Gasteiger partial charge in [0, 0.05) is 11.6 Å². The van der Waals surface area contributed by atoms with Crippen LogP contribution in [0.4, 0.5) is 17.6 Å². The van der Waals surface area contributed by atoms with Gasteiger partial charge in [-0.25, -0.2) is 4.39 Å². The molecule has 0 radical (unpaired) electrons. The molecule has 1 N–H and O–H groups in total. The summed E-state index contributed by atoms with van der Waals surface area (Å²) in [5, 5.41) is 2.61. The predicted octanol–water partition coefficient (Wildman–Crippen LogP) is 5.77. The number of halogens is 4. The molecule has 34 heavy (non-hydrogen) atoms. The Balaban J connectivity index is 1.75. The molecule has 3 atom stereocenters. The minimum Gasteiger partial charge on any atom is -0.469 e. The van der Waals surface area contributed by atoms with Gasteiger partial charge < -0.3 is 10.1 Å². The van der Waals surface area contributed by atoms with Crippen LogP contribution in [0, 0.1) is 11.7 Å². The molecule has 2 aromatic rings. The van der Waals surface area contributed by atoms with Gasteiger partial charge in [-0.1, -0.05) is 57.2 Å². The lowest BCUT2D eigenvalue weighted by molar-refractivity contribution is -0.143. The summed E-state index contributed by atoms with van der Waals surface area (Å²) >= 11 is 0. The number of hydrogen-bond acceptors (Lipinski definition) is 3. The number of carbonyl (C=O) groups is 2. The van der Waals surface area contributed by atoms with Gasteiger partial charge in [0.25, 0.3) is 5.91 Å². The molecule has 0 spiro atoms. The zero-order valence-corrected chi connectivity index (χ0v) is 19.4. The number of amides is 1. The molecule has 182 valence electrons. The SMILES string of the molecule is COC(=O)[C@H](c1ccc(C(C)(C)C)cc1)[C@@H]1C=C[C@@H](NC(=O)c2cc(F)cc(C(F)(F)F)c2)C1. The minimum atomic E-state index is -4.77. The summed E-state index contributed by atoms with van der Waals surface area (Å²) in [7, 11) is 1.30. The van der Waals surface area contributed by atoms with Crippen molar-refractivity contribution < 1.29 is 31.9 Å². The van der Waals surface area contributed by atoms with E-state index in [1.165, 1.54) is 7.11 Å². The van der Waals surface area contributed by atoms with Crippen molar-refractivity contribution in [3.63, 3.8) is 0 Å². The van der Waals surface area contributed by atoms with Gasteiger partial charge in [0.15, 0.2) is 0 Å². The second-order valence-electron chi connectivity index (χ2n) is 9.46. The number of rotatable bonds is 5. The van der Waals surface area contributed by atoms with Crippen LogP contribution in [0.2, 0.25) is 0 Å². The highest BCUT2D eigenvalue weighted by Crippen LogP contribution is 2.36. The standard InChI is InChI=1S/C26H27F4NO3/c1-25(2,3)18-8-5-15(6-9-18)22(24(33)34-4)16-7-10-21(13-16)31-23(32)17-11-19(26(28,29)30)14-20(27)12-17/h5-12,14,16,21-22H,13H2,1-4H3,(H,31,32)/t16-,21-,22-/m1/s1. The maximum atomic E-state index is 13.7. The fraction of sp³-hybridized carbons (Fsp3) is 0.385. The van der Waals surface area contributed by atoms with Gasteiger partial charge in [0.05, 0.1) is 18.6 Å². The summed E-state index contributed by atoms with van der Waals surface area (Å²) in [6, 6.07) is 8.87. The summed E-state index contributed by atoms with van der Waals surface area (Å²) < 4.78 is 57.6. The van der Waals surface area contributed by atoms with Crippen LogP contribution in [0.15, 0.2) is 54.6 Å². The summed E-state index contributed by atoms with van der Waals surface area (Å²) in [6.07, 6.45) is -0.956. The van der Waals surface area contributed by atoms with Crippen molar-refractivity contribution in [2.45, 2.75) is 50.7 Å². The normalized spacial score (nSPS) is 19.1. The Morgan fingerprint density at radius 1 is 1.00 bits per heavy atom. The first-order valence-corrected chi connectivity index (χ1v) is 10.8. The molecule has 3 rings (SSSR count). The molecule has 0 aromatic heterocycles. The monoisotopic (exact) mass is 477 g/mol. The van der Waals surface area contributed by atoms with Crippen LogP contribution in [0.1, 0.15) is 60.2 Å². The molecule has 1 amide bonds. The Kier molecular flexibility index (Phi) is 7.19. The molecule has 0 saturated carbocycles.